The smallest absolute Gasteiger partial charge is 0.387 e. The lowest BCUT2D eigenvalue weighted by Gasteiger charge is -2.25. The molecule has 0 aliphatic carbocycles. The van der Waals surface area contributed by atoms with Crippen LogP contribution >= 0.6 is 7.82 Å². The predicted octanol–water partition coefficient (Wildman–Crippen LogP) is 11.7. The quantitative estimate of drug-likeness (QED) is 0.0250. The molecule has 8 nitrogen and oxygen atoms in total. The summed E-state index contributed by atoms with van der Waals surface area (Å²) in [6.07, 6.45) is 44.6. The number of nitrogens with zero attached hydrogens (tertiary/aromatic N) is 1. The SMILES string of the molecule is CCCCCC/C=C\C/C=C\CCCCCCCCCC(=O)NC(COP(=O)(O)OCC[N+](C)(C)C)C(O)/C=C/CC/C=C/CCCCCCCCC. The Morgan fingerprint density at radius 2 is 1.09 bits per heavy atom. The Morgan fingerprint density at radius 1 is 0.642 bits per heavy atom. The third-order valence-corrected chi connectivity index (χ3v) is 10.3. The molecule has 0 aromatic heterocycles. The van der Waals surface area contributed by atoms with E-state index in [1.807, 2.05) is 27.2 Å². The molecule has 3 N–H and O–H groups in total. The molecule has 0 bridgehead atoms. The molecule has 0 aliphatic heterocycles. The van der Waals surface area contributed by atoms with Gasteiger partial charge in [-0.15, -0.1) is 0 Å². The van der Waals surface area contributed by atoms with E-state index < -0.39 is 20.0 Å². The van der Waals surface area contributed by atoms with E-state index in [1.165, 1.54) is 103 Å². The summed E-state index contributed by atoms with van der Waals surface area (Å²) in [5.41, 5.74) is 0. The van der Waals surface area contributed by atoms with Gasteiger partial charge in [0.25, 0.3) is 0 Å². The van der Waals surface area contributed by atoms with Crippen molar-refractivity contribution in [2.24, 2.45) is 0 Å². The molecule has 3 atom stereocenters. The van der Waals surface area contributed by atoms with Gasteiger partial charge in [-0.25, -0.2) is 4.57 Å². The second-order valence-corrected chi connectivity index (χ2v) is 17.2. The van der Waals surface area contributed by atoms with E-state index in [4.69, 9.17) is 9.05 Å². The molecule has 0 saturated heterocycles. The number of carbonyl (C=O) groups excluding carboxylic acids is 1. The lowest BCUT2D eigenvalue weighted by atomic mass is 10.1. The molecule has 0 fully saturated rings. The normalized spacial score (nSPS) is 14.9. The summed E-state index contributed by atoms with van der Waals surface area (Å²) < 4.78 is 23.5. The van der Waals surface area contributed by atoms with Crippen LogP contribution in [0.2, 0.25) is 0 Å². The Kier molecular flexibility index (Phi) is 35.1. The van der Waals surface area contributed by atoms with Gasteiger partial charge in [0.05, 0.1) is 39.9 Å². The van der Waals surface area contributed by atoms with Crippen molar-refractivity contribution >= 4 is 13.7 Å². The fourth-order valence-electron chi connectivity index (χ4n) is 5.79. The molecular formula is C44H84N2O6P+. The maximum Gasteiger partial charge on any atom is 0.472 e. The highest BCUT2D eigenvalue weighted by Gasteiger charge is 2.27. The summed E-state index contributed by atoms with van der Waals surface area (Å²) in [5, 5.41) is 13.8. The molecule has 0 rings (SSSR count). The highest BCUT2D eigenvalue weighted by molar-refractivity contribution is 7.47. The van der Waals surface area contributed by atoms with E-state index in [9.17, 15) is 19.4 Å². The van der Waals surface area contributed by atoms with Gasteiger partial charge in [0.1, 0.15) is 13.2 Å². The zero-order valence-corrected chi connectivity index (χ0v) is 35.9. The monoisotopic (exact) mass is 768 g/mol. The molecule has 0 aromatic rings. The largest absolute Gasteiger partial charge is 0.472 e. The van der Waals surface area contributed by atoms with Crippen molar-refractivity contribution in [2.75, 3.05) is 40.9 Å². The van der Waals surface area contributed by atoms with Gasteiger partial charge >= 0.3 is 7.82 Å². The number of carbonyl (C=O) groups is 1. The zero-order valence-electron chi connectivity index (χ0n) is 35.0. The number of unbranched alkanes of at least 4 members (excludes halogenated alkanes) is 19. The average Bonchev–Trinajstić information content (AvgIpc) is 3.10. The Bertz CT molecular complexity index is 1010. The molecule has 0 aromatic carbocycles. The number of likely N-dealkylation sites (N-methyl/N-ethyl adjacent to an activating group) is 1. The number of phosphoric ester groups is 1. The molecule has 1 amide bonds. The summed E-state index contributed by atoms with van der Waals surface area (Å²) >= 11 is 0. The standard InChI is InChI=1S/C44H83N2O6P/c1-6-8-10-12-14-16-18-20-21-22-23-24-26-28-30-32-34-36-38-44(48)45-42(41-52-53(49,50)51-40-39-46(3,4)5)43(47)37-35-33-31-29-27-25-19-17-15-13-11-9-7-2/h16,18,21-22,27,29,35,37,42-43,47H,6-15,17,19-20,23-26,28,30-34,36,38-41H2,1-5H3,(H-,45,48,49,50)/p+1/b18-16-,22-21-,29-27+,37-35+. The Morgan fingerprint density at radius 3 is 1.64 bits per heavy atom. The van der Waals surface area contributed by atoms with Crippen LogP contribution in [0, 0.1) is 0 Å². The Hall–Kier alpha value is -1.54. The van der Waals surface area contributed by atoms with E-state index in [0.29, 0.717) is 17.4 Å². The first kappa shape index (κ1) is 51.5. The first-order valence-electron chi connectivity index (χ1n) is 21.5. The molecule has 0 spiro atoms. The van der Waals surface area contributed by atoms with Crippen molar-refractivity contribution in [1.29, 1.82) is 0 Å². The van der Waals surface area contributed by atoms with Gasteiger partial charge in [-0.05, 0) is 64.2 Å². The summed E-state index contributed by atoms with van der Waals surface area (Å²) in [7, 11) is 1.54. The fourth-order valence-corrected chi connectivity index (χ4v) is 6.53. The van der Waals surface area contributed by atoms with E-state index in [2.05, 4.69) is 55.6 Å². The van der Waals surface area contributed by atoms with Gasteiger partial charge in [0.15, 0.2) is 0 Å². The minimum atomic E-state index is -4.34. The van der Waals surface area contributed by atoms with E-state index >= 15 is 0 Å². The first-order chi connectivity index (χ1) is 25.5. The second-order valence-electron chi connectivity index (χ2n) is 15.7. The molecule has 0 radical (unpaired) electrons. The number of aliphatic hydroxyl groups is 1. The highest BCUT2D eigenvalue weighted by atomic mass is 31.2. The minimum absolute atomic E-state index is 0.0530. The van der Waals surface area contributed by atoms with Crippen molar-refractivity contribution in [1.82, 2.24) is 5.32 Å². The number of phosphoric acid groups is 1. The van der Waals surface area contributed by atoms with Crippen molar-refractivity contribution in [3.05, 3.63) is 48.6 Å². The van der Waals surface area contributed by atoms with E-state index in [-0.39, 0.29) is 19.1 Å². The van der Waals surface area contributed by atoms with Crippen LogP contribution in [0.1, 0.15) is 174 Å². The first-order valence-corrected chi connectivity index (χ1v) is 23.0. The number of hydrogen-bond donors (Lipinski definition) is 3. The van der Waals surface area contributed by atoms with Crippen LogP contribution in [0.15, 0.2) is 48.6 Å². The Labute approximate surface area is 327 Å². The van der Waals surface area contributed by atoms with Crippen molar-refractivity contribution in [3.8, 4) is 0 Å². The molecule has 0 heterocycles. The Balaban J connectivity index is 4.49. The molecule has 0 aliphatic rings. The predicted molar refractivity (Wildman–Crippen MR) is 226 cm³/mol. The summed E-state index contributed by atoms with van der Waals surface area (Å²) in [5.74, 6) is -0.198. The number of nitrogens with one attached hydrogen (secondary N) is 1. The number of amides is 1. The number of hydrogen-bond acceptors (Lipinski definition) is 5. The summed E-state index contributed by atoms with van der Waals surface area (Å²) in [4.78, 5) is 23.1. The second kappa shape index (κ2) is 36.1. The van der Waals surface area contributed by atoms with Gasteiger partial charge in [-0.3, -0.25) is 13.8 Å². The lowest BCUT2D eigenvalue weighted by molar-refractivity contribution is -0.870. The van der Waals surface area contributed by atoms with Crippen LogP contribution in [0.4, 0.5) is 0 Å². The maximum atomic E-state index is 12.8. The van der Waals surface area contributed by atoms with Gasteiger partial charge < -0.3 is 19.8 Å². The van der Waals surface area contributed by atoms with Crippen LogP contribution in [-0.2, 0) is 18.4 Å². The topological polar surface area (TPSA) is 105 Å². The summed E-state index contributed by atoms with van der Waals surface area (Å²) in [6.45, 7) is 4.74. The third-order valence-electron chi connectivity index (χ3n) is 9.27. The highest BCUT2D eigenvalue weighted by Crippen LogP contribution is 2.43. The summed E-state index contributed by atoms with van der Waals surface area (Å²) in [6, 6.07) is -0.866. The van der Waals surface area contributed by atoms with Crippen molar-refractivity contribution in [2.45, 2.75) is 187 Å². The minimum Gasteiger partial charge on any atom is -0.387 e. The fraction of sp³-hybridized carbons (Fsp3) is 0.795. The van der Waals surface area contributed by atoms with Crippen LogP contribution in [0.5, 0.6) is 0 Å². The number of allylic oxidation sites excluding steroid dienone is 7. The van der Waals surface area contributed by atoms with Gasteiger partial charge in [0.2, 0.25) is 5.91 Å². The molecule has 3 unspecified atom stereocenters. The van der Waals surface area contributed by atoms with Crippen molar-refractivity contribution < 1.29 is 32.9 Å². The average molecular weight is 768 g/mol. The molecular weight excluding hydrogens is 683 g/mol. The van der Waals surface area contributed by atoms with Crippen LogP contribution in [-0.4, -0.2) is 73.4 Å². The van der Waals surface area contributed by atoms with E-state index in [0.717, 1.165) is 51.4 Å². The van der Waals surface area contributed by atoms with Gasteiger partial charge in [0, 0.05) is 6.42 Å². The molecule has 53 heavy (non-hydrogen) atoms. The number of aliphatic hydroxyl groups excluding tert-OH is 1. The van der Waals surface area contributed by atoms with Crippen LogP contribution in [0.3, 0.4) is 0 Å². The van der Waals surface area contributed by atoms with Crippen LogP contribution in [0.25, 0.3) is 0 Å². The molecule has 0 saturated carbocycles. The third kappa shape index (κ3) is 38.5. The van der Waals surface area contributed by atoms with Gasteiger partial charge in [-0.1, -0.05) is 152 Å². The van der Waals surface area contributed by atoms with Crippen LogP contribution < -0.4 is 5.32 Å². The van der Waals surface area contributed by atoms with Gasteiger partial charge in [-0.2, -0.15) is 0 Å². The number of quaternary nitrogens is 1. The zero-order chi connectivity index (χ0) is 39.3. The number of rotatable bonds is 38. The maximum absolute atomic E-state index is 12.8. The van der Waals surface area contributed by atoms with Crippen molar-refractivity contribution in [3.63, 3.8) is 0 Å². The molecule has 9 heteroatoms. The van der Waals surface area contributed by atoms with E-state index in [1.54, 1.807) is 6.08 Å². The molecule has 310 valence electrons. The lowest BCUT2D eigenvalue weighted by Crippen LogP contribution is -2.45.